The van der Waals surface area contributed by atoms with Crippen LogP contribution >= 0.6 is 0 Å². The highest BCUT2D eigenvalue weighted by molar-refractivity contribution is 5.78. The fourth-order valence-electron chi connectivity index (χ4n) is 3.47. The van der Waals surface area contributed by atoms with Crippen LogP contribution in [0.5, 0.6) is 0 Å². The molecule has 3 heteroatoms. The molecule has 0 spiro atoms. The van der Waals surface area contributed by atoms with E-state index in [2.05, 4.69) is 31.2 Å². The highest BCUT2D eigenvalue weighted by Crippen LogP contribution is 2.32. The lowest BCUT2D eigenvalue weighted by atomic mass is 9.97. The molecule has 1 aliphatic rings. The van der Waals surface area contributed by atoms with E-state index in [1.165, 1.54) is 5.56 Å². The molecule has 3 atom stereocenters. The van der Waals surface area contributed by atoms with E-state index in [4.69, 9.17) is 5.73 Å². The predicted molar refractivity (Wildman–Crippen MR) is 93.0 cm³/mol. The van der Waals surface area contributed by atoms with Crippen molar-refractivity contribution in [2.75, 3.05) is 6.54 Å². The van der Waals surface area contributed by atoms with Gasteiger partial charge in [-0.05, 0) is 24.5 Å². The first kappa shape index (κ1) is 15.8. The standard InChI is InChI=1S/C20H24N2O/c1-15-12-18(16-8-4-2-5-9-16)14-22(15)20(23)13-19(21)17-10-6-3-7-11-17/h2-11,15,18-19H,12-14,21H2,1H3. The van der Waals surface area contributed by atoms with Gasteiger partial charge in [0.25, 0.3) is 0 Å². The number of likely N-dealkylation sites (tertiary alicyclic amines) is 1. The van der Waals surface area contributed by atoms with Crippen LogP contribution < -0.4 is 5.73 Å². The van der Waals surface area contributed by atoms with Crippen molar-refractivity contribution in [3.8, 4) is 0 Å². The molecule has 1 amide bonds. The van der Waals surface area contributed by atoms with Crippen molar-refractivity contribution >= 4 is 5.91 Å². The number of benzene rings is 2. The zero-order chi connectivity index (χ0) is 16.2. The Morgan fingerprint density at radius 3 is 2.39 bits per heavy atom. The Morgan fingerprint density at radius 2 is 1.74 bits per heavy atom. The van der Waals surface area contributed by atoms with Gasteiger partial charge in [0.05, 0.1) is 0 Å². The zero-order valence-electron chi connectivity index (χ0n) is 13.6. The molecular weight excluding hydrogens is 284 g/mol. The number of nitrogens with zero attached hydrogens (tertiary/aromatic N) is 1. The quantitative estimate of drug-likeness (QED) is 0.940. The molecule has 3 rings (SSSR count). The van der Waals surface area contributed by atoms with E-state index >= 15 is 0 Å². The summed E-state index contributed by atoms with van der Waals surface area (Å²) in [6.07, 6.45) is 1.40. The van der Waals surface area contributed by atoms with E-state index in [1.54, 1.807) is 0 Å². The van der Waals surface area contributed by atoms with Crippen LogP contribution in [0.4, 0.5) is 0 Å². The normalized spacial score (nSPS) is 22.1. The predicted octanol–water partition coefficient (Wildman–Crippen LogP) is 3.48. The van der Waals surface area contributed by atoms with E-state index in [1.807, 2.05) is 41.3 Å². The first-order valence-corrected chi connectivity index (χ1v) is 8.30. The number of rotatable bonds is 4. The molecule has 0 aliphatic carbocycles. The van der Waals surface area contributed by atoms with E-state index in [-0.39, 0.29) is 18.0 Å². The summed E-state index contributed by atoms with van der Waals surface area (Å²) >= 11 is 0. The molecule has 3 unspecified atom stereocenters. The van der Waals surface area contributed by atoms with E-state index in [9.17, 15) is 4.79 Å². The third-order valence-corrected chi connectivity index (χ3v) is 4.79. The summed E-state index contributed by atoms with van der Waals surface area (Å²) in [4.78, 5) is 14.7. The van der Waals surface area contributed by atoms with Crippen LogP contribution in [0.15, 0.2) is 60.7 Å². The molecule has 1 aliphatic heterocycles. The van der Waals surface area contributed by atoms with Crippen LogP contribution in [0, 0.1) is 0 Å². The van der Waals surface area contributed by atoms with Gasteiger partial charge in [-0.2, -0.15) is 0 Å². The second-order valence-electron chi connectivity index (χ2n) is 6.46. The Bertz CT molecular complexity index is 641. The summed E-state index contributed by atoms with van der Waals surface area (Å²) in [5.74, 6) is 0.593. The van der Waals surface area contributed by atoms with Crippen LogP contribution in [0.1, 0.15) is 42.9 Å². The van der Waals surface area contributed by atoms with Gasteiger partial charge in [-0.3, -0.25) is 4.79 Å². The van der Waals surface area contributed by atoms with Crippen molar-refractivity contribution in [2.45, 2.75) is 37.8 Å². The molecule has 2 aromatic rings. The van der Waals surface area contributed by atoms with Crippen molar-refractivity contribution in [2.24, 2.45) is 5.73 Å². The summed E-state index contributed by atoms with van der Waals surface area (Å²) in [6, 6.07) is 20.4. The fraction of sp³-hybridized carbons (Fsp3) is 0.350. The van der Waals surface area contributed by atoms with Crippen molar-refractivity contribution in [1.29, 1.82) is 0 Å². The molecule has 1 fully saturated rings. The molecule has 1 saturated heterocycles. The van der Waals surface area contributed by atoms with Crippen LogP contribution in [0.25, 0.3) is 0 Å². The molecule has 23 heavy (non-hydrogen) atoms. The van der Waals surface area contributed by atoms with E-state index in [0.717, 1.165) is 18.5 Å². The number of hydrogen-bond donors (Lipinski definition) is 1. The minimum Gasteiger partial charge on any atom is -0.339 e. The second kappa shape index (κ2) is 6.97. The summed E-state index contributed by atoms with van der Waals surface area (Å²) in [5, 5.41) is 0. The van der Waals surface area contributed by atoms with Gasteiger partial charge in [0.1, 0.15) is 0 Å². The highest BCUT2D eigenvalue weighted by Gasteiger charge is 2.33. The molecule has 2 N–H and O–H groups in total. The van der Waals surface area contributed by atoms with Gasteiger partial charge >= 0.3 is 0 Å². The van der Waals surface area contributed by atoms with Gasteiger partial charge in [0.2, 0.25) is 5.91 Å². The fourth-order valence-corrected chi connectivity index (χ4v) is 3.47. The average molecular weight is 308 g/mol. The largest absolute Gasteiger partial charge is 0.339 e. The monoisotopic (exact) mass is 308 g/mol. The van der Waals surface area contributed by atoms with Crippen molar-refractivity contribution in [3.05, 3.63) is 71.8 Å². The molecule has 3 nitrogen and oxygen atoms in total. The van der Waals surface area contributed by atoms with Crippen LogP contribution in [-0.4, -0.2) is 23.4 Å². The molecule has 0 saturated carbocycles. The number of nitrogens with two attached hydrogens (primary N) is 1. The van der Waals surface area contributed by atoms with Gasteiger partial charge in [0, 0.05) is 31.0 Å². The van der Waals surface area contributed by atoms with Gasteiger partial charge in [-0.15, -0.1) is 0 Å². The number of carbonyl (C=O) groups excluding carboxylic acids is 1. The zero-order valence-corrected chi connectivity index (χ0v) is 13.6. The average Bonchev–Trinajstić information content (AvgIpc) is 2.98. The first-order chi connectivity index (χ1) is 11.1. The van der Waals surface area contributed by atoms with Crippen molar-refractivity contribution in [3.63, 3.8) is 0 Å². The molecule has 120 valence electrons. The summed E-state index contributed by atoms with van der Waals surface area (Å²) in [7, 11) is 0. The smallest absolute Gasteiger partial charge is 0.224 e. The van der Waals surface area contributed by atoms with Gasteiger partial charge < -0.3 is 10.6 Å². The summed E-state index contributed by atoms with van der Waals surface area (Å²) < 4.78 is 0. The lowest BCUT2D eigenvalue weighted by molar-refractivity contribution is -0.132. The lowest BCUT2D eigenvalue weighted by Gasteiger charge is -2.23. The molecule has 1 heterocycles. The van der Waals surface area contributed by atoms with Crippen LogP contribution in [-0.2, 0) is 4.79 Å². The SMILES string of the molecule is CC1CC(c2ccccc2)CN1C(=O)CC(N)c1ccccc1. The summed E-state index contributed by atoms with van der Waals surface area (Å²) in [5.41, 5.74) is 8.55. The number of carbonyl (C=O) groups is 1. The third kappa shape index (κ3) is 3.62. The van der Waals surface area contributed by atoms with Crippen molar-refractivity contribution in [1.82, 2.24) is 4.90 Å². The first-order valence-electron chi connectivity index (χ1n) is 8.30. The van der Waals surface area contributed by atoms with Gasteiger partial charge in [-0.1, -0.05) is 60.7 Å². The van der Waals surface area contributed by atoms with Crippen molar-refractivity contribution < 1.29 is 4.79 Å². The minimum atomic E-state index is -0.230. The molecule has 0 bridgehead atoms. The van der Waals surface area contributed by atoms with Gasteiger partial charge in [-0.25, -0.2) is 0 Å². The Morgan fingerprint density at radius 1 is 1.13 bits per heavy atom. The maximum absolute atomic E-state index is 12.7. The van der Waals surface area contributed by atoms with Crippen LogP contribution in [0.3, 0.4) is 0 Å². The van der Waals surface area contributed by atoms with E-state index < -0.39 is 0 Å². The molecular formula is C20H24N2O. The third-order valence-electron chi connectivity index (χ3n) is 4.79. The number of amides is 1. The molecule has 2 aromatic carbocycles. The maximum atomic E-state index is 12.7. The minimum absolute atomic E-state index is 0.160. The highest BCUT2D eigenvalue weighted by atomic mass is 16.2. The van der Waals surface area contributed by atoms with E-state index in [0.29, 0.717) is 12.3 Å². The topological polar surface area (TPSA) is 46.3 Å². The maximum Gasteiger partial charge on any atom is 0.224 e. The van der Waals surface area contributed by atoms with Gasteiger partial charge in [0.15, 0.2) is 0 Å². The van der Waals surface area contributed by atoms with Crippen LogP contribution in [0.2, 0.25) is 0 Å². The Labute approximate surface area is 138 Å². The summed E-state index contributed by atoms with van der Waals surface area (Å²) in [6.45, 7) is 2.93. The number of hydrogen-bond acceptors (Lipinski definition) is 2. The lowest BCUT2D eigenvalue weighted by Crippen LogP contribution is -2.35. The molecule has 0 aromatic heterocycles. The Hall–Kier alpha value is -2.13. The second-order valence-corrected chi connectivity index (χ2v) is 6.46. The molecule has 0 radical (unpaired) electrons. The Balaban J connectivity index is 1.64. The Kier molecular flexibility index (Phi) is 4.77.